The zero-order chi connectivity index (χ0) is 13.8. The third kappa shape index (κ3) is 1.83. The molecule has 2 bridgehead atoms. The summed E-state index contributed by atoms with van der Waals surface area (Å²) in [6.07, 6.45) is 0.773. The molecule has 1 aromatic carbocycles. The summed E-state index contributed by atoms with van der Waals surface area (Å²) < 4.78 is 7.12. The minimum atomic E-state index is -0.563. The maximum atomic E-state index is 12.1. The van der Waals surface area contributed by atoms with Gasteiger partial charge in [0, 0.05) is 18.5 Å². The Morgan fingerprint density at radius 3 is 3.00 bits per heavy atom. The van der Waals surface area contributed by atoms with Crippen LogP contribution in [0, 0.1) is 6.92 Å². The molecular formula is C14H17BrN2O2. The molecule has 2 aliphatic rings. The molecule has 2 unspecified atom stereocenters. The van der Waals surface area contributed by atoms with Gasteiger partial charge in [-0.3, -0.25) is 4.90 Å². The number of halogens is 1. The third-order valence-corrected chi connectivity index (χ3v) is 4.52. The number of carbonyl (C=O) groups excluding carboxylic acids is 1. The Morgan fingerprint density at radius 2 is 2.32 bits per heavy atom. The molecule has 0 spiro atoms. The van der Waals surface area contributed by atoms with E-state index < -0.39 is 5.72 Å². The van der Waals surface area contributed by atoms with Gasteiger partial charge in [-0.1, -0.05) is 6.07 Å². The predicted octanol–water partition coefficient (Wildman–Crippen LogP) is 3.34. The second kappa shape index (κ2) is 4.13. The fourth-order valence-corrected chi connectivity index (χ4v) is 3.76. The van der Waals surface area contributed by atoms with Crippen molar-refractivity contribution in [2.75, 3.05) is 6.54 Å². The zero-order valence-electron chi connectivity index (χ0n) is 11.3. The van der Waals surface area contributed by atoms with Crippen LogP contribution in [0.1, 0.15) is 37.4 Å². The van der Waals surface area contributed by atoms with E-state index in [1.807, 2.05) is 26.8 Å². The molecule has 19 heavy (non-hydrogen) atoms. The highest BCUT2D eigenvalue weighted by Gasteiger charge is 2.48. The van der Waals surface area contributed by atoms with E-state index in [9.17, 15) is 4.79 Å². The number of hydrogen-bond donors (Lipinski definition) is 1. The van der Waals surface area contributed by atoms with E-state index in [1.165, 1.54) is 0 Å². The number of hydrogen-bond acceptors (Lipinski definition) is 2. The molecule has 0 aliphatic carbocycles. The van der Waals surface area contributed by atoms with Gasteiger partial charge in [-0.2, -0.15) is 0 Å². The number of aryl methyl sites for hydroxylation is 1. The predicted molar refractivity (Wildman–Crippen MR) is 76.2 cm³/mol. The van der Waals surface area contributed by atoms with Crippen molar-refractivity contribution >= 4 is 22.0 Å². The highest BCUT2D eigenvalue weighted by atomic mass is 79.9. The van der Waals surface area contributed by atoms with Gasteiger partial charge in [0.05, 0.1) is 10.5 Å². The van der Waals surface area contributed by atoms with Gasteiger partial charge in [-0.15, -0.1) is 0 Å². The summed E-state index contributed by atoms with van der Waals surface area (Å²) in [5.74, 6) is 0.850. The van der Waals surface area contributed by atoms with Crippen molar-refractivity contribution < 1.29 is 9.53 Å². The Kier molecular flexibility index (Phi) is 2.78. The number of ether oxygens (including phenoxy) is 1. The fraction of sp³-hybridized carbons (Fsp3) is 0.500. The number of nitrogens with zero attached hydrogens (tertiary/aromatic N) is 1. The highest BCUT2D eigenvalue weighted by molar-refractivity contribution is 9.10. The normalized spacial score (nSPS) is 28.5. The van der Waals surface area contributed by atoms with Crippen molar-refractivity contribution in [2.45, 2.75) is 39.0 Å². The Hall–Kier alpha value is -1.23. The van der Waals surface area contributed by atoms with Crippen LogP contribution in [0.5, 0.6) is 5.75 Å². The lowest BCUT2D eigenvalue weighted by Crippen LogP contribution is -2.64. The van der Waals surface area contributed by atoms with Gasteiger partial charge in [0.2, 0.25) is 0 Å². The molecule has 2 atom stereocenters. The van der Waals surface area contributed by atoms with E-state index in [-0.39, 0.29) is 12.1 Å². The number of benzene rings is 1. The molecule has 0 radical (unpaired) electrons. The van der Waals surface area contributed by atoms with Crippen molar-refractivity contribution in [2.24, 2.45) is 0 Å². The SMILES string of the molecule is CCN1C(=O)NC2CC1(C)Oc1c(Br)cc(C)cc12. The standard InChI is InChI=1S/C14H17BrN2O2/c1-4-17-13(18)16-11-7-14(17,3)19-12-9(11)5-8(2)6-10(12)15/h5-6,11H,4,7H2,1-3H3,(H,16,18). The quantitative estimate of drug-likeness (QED) is 0.860. The molecule has 2 heterocycles. The smallest absolute Gasteiger partial charge is 0.320 e. The second-order valence-corrected chi connectivity index (χ2v) is 6.25. The molecule has 1 aromatic rings. The van der Waals surface area contributed by atoms with Crippen LogP contribution in [0.4, 0.5) is 4.79 Å². The fourth-order valence-electron chi connectivity index (χ4n) is 3.09. The topological polar surface area (TPSA) is 41.6 Å². The number of fused-ring (bicyclic) bond motifs is 4. The molecule has 2 aliphatic heterocycles. The molecule has 102 valence electrons. The summed E-state index contributed by atoms with van der Waals surface area (Å²) in [6, 6.07) is 4.11. The van der Waals surface area contributed by atoms with Gasteiger partial charge in [0.1, 0.15) is 5.75 Å². The van der Waals surface area contributed by atoms with Crippen LogP contribution in [0.15, 0.2) is 16.6 Å². The van der Waals surface area contributed by atoms with E-state index in [1.54, 1.807) is 4.90 Å². The summed E-state index contributed by atoms with van der Waals surface area (Å²) in [4.78, 5) is 13.9. The first-order chi connectivity index (χ1) is 8.94. The van der Waals surface area contributed by atoms with Crippen LogP contribution in [0.3, 0.4) is 0 Å². The number of rotatable bonds is 1. The lowest BCUT2D eigenvalue weighted by atomic mass is 9.89. The molecule has 4 nitrogen and oxygen atoms in total. The average Bonchev–Trinajstić information content (AvgIpc) is 2.31. The van der Waals surface area contributed by atoms with Crippen molar-refractivity contribution in [1.29, 1.82) is 0 Å². The molecular weight excluding hydrogens is 308 g/mol. The largest absolute Gasteiger partial charge is 0.466 e. The van der Waals surface area contributed by atoms with Gasteiger partial charge < -0.3 is 10.1 Å². The van der Waals surface area contributed by atoms with Gasteiger partial charge in [-0.25, -0.2) is 4.79 Å². The molecule has 2 amide bonds. The molecule has 0 saturated carbocycles. The first kappa shape index (κ1) is 12.8. The van der Waals surface area contributed by atoms with Gasteiger partial charge >= 0.3 is 6.03 Å². The third-order valence-electron chi connectivity index (χ3n) is 3.93. The summed E-state index contributed by atoms with van der Waals surface area (Å²) in [5, 5.41) is 3.07. The molecule has 0 aromatic heterocycles. The minimum Gasteiger partial charge on any atom is -0.466 e. The number of nitrogens with one attached hydrogen (secondary N) is 1. The van der Waals surface area contributed by atoms with Crippen LogP contribution in [-0.2, 0) is 0 Å². The van der Waals surface area contributed by atoms with E-state index in [0.717, 1.165) is 27.8 Å². The lowest BCUT2D eigenvalue weighted by Gasteiger charge is -2.50. The molecule has 3 rings (SSSR count). The number of urea groups is 1. The van der Waals surface area contributed by atoms with Crippen LogP contribution < -0.4 is 10.1 Å². The minimum absolute atomic E-state index is 0.0280. The molecule has 5 heteroatoms. The summed E-state index contributed by atoms with van der Waals surface area (Å²) >= 11 is 3.57. The van der Waals surface area contributed by atoms with E-state index in [0.29, 0.717) is 6.54 Å². The Labute approximate surface area is 121 Å². The Balaban J connectivity index is 2.13. The van der Waals surface area contributed by atoms with Crippen molar-refractivity contribution in [3.8, 4) is 5.75 Å². The van der Waals surface area contributed by atoms with Crippen molar-refractivity contribution in [1.82, 2.24) is 10.2 Å². The maximum Gasteiger partial charge on any atom is 0.320 e. The molecule has 1 fully saturated rings. The van der Waals surface area contributed by atoms with Crippen molar-refractivity contribution in [3.05, 3.63) is 27.7 Å². The Morgan fingerprint density at radius 1 is 1.58 bits per heavy atom. The van der Waals surface area contributed by atoms with E-state index >= 15 is 0 Å². The van der Waals surface area contributed by atoms with Crippen LogP contribution in [-0.4, -0.2) is 23.2 Å². The average molecular weight is 325 g/mol. The first-order valence-electron chi connectivity index (χ1n) is 6.52. The van der Waals surface area contributed by atoms with Crippen LogP contribution in [0.25, 0.3) is 0 Å². The number of carbonyl (C=O) groups is 1. The molecule has 1 saturated heterocycles. The van der Waals surface area contributed by atoms with Crippen molar-refractivity contribution in [3.63, 3.8) is 0 Å². The van der Waals surface area contributed by atoms with Gasteiger partial charge in [0.15, 0.2) is 5.72 Å². The first-order valence-corrected chi connectivity index (χ1v) is 7.31. The van der Waals surface area contributed by atoms with Crippen LogP contribution >= 0.6 is 15.9 Å². The summed E-state index contributed by atoms with van der Waals surface area (Å²) in [7, 11) is 0. The summed E-state index contributed by atoms with van der Waals surface area (Å²) in [6.45, 7) is 6.63. The van der Waals surface area contributed by atoms with Gasteiger partial charge in [0.25, 0.3) is 0 Å². The summed E-state index contributed by atoms with van der Waals surface area (Å²) in [5.41, 5.74) is 1.66. The van der Waals surface area contributed by atoms with E-state index in [4.69, 9.17) is 4.74 Å². The Bertz CT molecular complexity index is 561. The van der Waals surface area contributed by atoms with Crippen LogP contribution in [0.2, 0.25) is 0 Å². The molecule has 1 N–H and O–H groups in total. The second-order valence-electron chi connectivity index (χ2n) is 5.39. The zero-order valence-corrected chi connectivity index (χ0v) is 12.9. The lowest BCUT2D eigenvalue weighted by molar-refractivity contribution is -0.0820. The maximum absolute atomic E-state index is 12.1. The monoisotopic (exact) mass is 324 g/mol. The number of amides is 2. The highest BCUT2D eigenvalue weighted by Crippen LogP contribution is 2.47. The van der Waals surface area contributed by atoms with E-state index in [2.05, 4.69) is 27.3 Å². The van der Waals surface area contributed by atoms with Gasteiger partial charge in [-0.05, 0) is 48.3 Å².